The number of fused-ring (bicyclic) bond motifs is 2. The number of phenolic OH excluding ortho intramolecular Hbond substituents is 1. The summed E-state index contributed by atoms with van der Waals surface area (Å²) in [6.45, 7) is 10.2. The number of amides is 1. The smallest absolute Gasteiger partial charge is 0.246 e. The molecule has 0 aliphatic carbocycles. The van der Waals surface area contributed by atoms with Crippen LogP contribution in [-0.2, 0) is 11.2 Å². The number of rotatable bonds is 3. The van der Waals surface area contributed by atoms with Crippen molar-refractivity contribution in [2.24, 2.45) is 0 Å². The highest BCUT2D eigenvalue weighted by Gasteiger charge is 2.30. The molecule has 2 aliphatic rings. The molecule has 180 valence electrons. The molecule has 6 nitrogen and oxygen atoms in total. The fourth-order valence-electron chi connectivity index (χ4n) is 4.82. The average Bonchev–Trinajstić information content (AvgIpc) is 2.84. The Labute approximate surface area is 206 Å². The molecule has 1 saturated heterocycles. The van der Waals surface area contributed by atoms with Gasteiger partial charge in [-0.1, -0.05) is 36.4 Å². The number of piperazine rings is 1. The number of carbonyl (C=O) groups excluding carboxylic acids is 1. The first-order chi connectivity index (χ1) is 16.8. The van der Waals surface area contributed by atoms with Crippen molar-refractivity contribution in [1.29, 1.82) is 0 Å². The normalized spacial score (nSPS) is 15.7. The molecule has 0 saturated carbocycles. The van der Waals surface area contributed by atoms with Crippen molar-refractivity contribution in [2.75, 3.05) is 42.9 Å². The van der Waals surface area contributed by atoms with Crippen molar-refractivity contribution >= 4 is 39.9 Å². The van der Waals surface area contributed by atoms with E-state index in [1.807, 2.05) is 0 Å². The third kappa shape index (κ3) is 3.87. The third-order valence-corrected chi connectivity index (χ3v) is 6.80. The summed E-state index contributed by atoms with van der Waals surface area (Å²) in [4.78, 5) is 20.4. The summed E-state index contributed by atoms with van der Waals surface area (Å²) in [7, 11) is 0. The molecule has 2 aromatic carbocycles. The average molecular weight is 497 g/mol. The summed E-state index contributed by atoms with van der Waals surface area (Å²) >= 11 is 6.53. The zero-order valence-electron chi connectivity index (χ0n) is 18.9. The van der Waals surface area contributed by atoms with Crippen LogP contribution < -0.4 is 10.2 Å². The van der Waals surface area contributed by atoms with Gasteiger partial charge in [0.05, 0.1) is 16.3 Å². The van der Waals surface area contributed by atoms with Crippen molar-refractivity contribution in [2.45, 2.75) is 6.42 Å². The number of pyridine rings is 1. The maximum Gasteiger partial charge on any atom is 0.246 e. The predicted octanol–water partition coefficient (Wildman–Crippen LogP) is 4.90. The van der Waals surface area contributed by atoms with Crippen LogP contribution in [0.4, 0.5) is 20.3 Å². The van der Waals surface area contributed by atoms with Crippen LogP contribution >= 0.6 is 11.6 Å². The second kappa shape index (κ2) is 8.85. The largest absolute Gasteiger partial charge is 0.507 e. The molecular weight excluding hydrogens is 474 g/mol. The summed E-state index contributed by atoms with van der Waals surface area (Å²) in [6, 6.07) is 5.32. The molecule has 1 aromatic heterocycles. The van der Waals surface area contributed by atoms with E-state index in [0.29, 0.717) is 50.3 Å². The van der Waals surface area contributed by atoms with Gasteiger partial charge in [0.25, 0.3) is 0 Å². The van der Waals surface area contributed by atoms with E-state index in [2.05, 4.69) is 28.4 Å². The third-order valence-electron chi connectivity index (χ3n) is 6.50. The molecular formula is C26H23ClF2N4O2. The van der Waals surface area contributed by atoms with Crippen molar-refractivity contribution in [1.82, 2.24) is 9.88 Å². The molecule has 0 bridgehead atoms. The Morgan fingerprint density at radius 1 is 1.20 bits per heavy atom. The van der Waals surface area contributed by atoms with Gasteiger partial charge in [-0.05, 0) is 24.3 Å². The second-order valence-corrected chi connectivity index (χ2v) is 9.07. The molecule has 1 amide bonds. The Morgan fingerprint density at radius 2 is 1.94 bits per heavy atom. The van der Waals surface area contributed by atoms with Gasteiger partial charge in [0, 0.05) is 55.7 Å². The quantitative estimate of drug-likeness (QED) is 0.399. The van der Waals surface area contributed by atoms with Gasteiger partial charge in [0.1, 0.15) is 22.9 Å². The van der Waals surface area contributed by atoms with Crippen molar-refractivity contribution in [3.63, 3.8) is 0 Å². The van der Waals surface area contributed by atoms with Crippen LogP contribution in [0, 0.1) is 11.6 Å². The number of phenols is 1. The number of benzene rings is 2. The van der Waals surface area contributed by atoms with Crippen molar-refractivity contribution in [3.05, 3.63) is 71.3 Å². The Kier molecular flexibility index (Phi) is 5.84. The number of aromatic nitrogens is 1. The number of hydrogen-bond donors (Lipinski definition) is 2. The maximum absolute atomic E-state index is 16.0. The van der Waals surface area contributed by atoms with Gasteiger partial charge < -0.3 is 20.2 Å². The summed E-state index contributed by atoms with van der Waals surface area (Å²) in [6.07, 6.45) is 1.85. The molecule has 1 fully saturated rings. The number of hydrogen-bond acceptors (Lipinski definition) is 5. The highest BCUT2D eigenvalue weighted by atomic mass is 35.5. The van der Waals surface area contributed by atoms with Crippen molar-refractivity contribution < 1.29 is 18.7 Å². The number of aromatic hydroxyl groups is 1. The van der Waals surface area contributed by atoms with Crippen LogP contribution in [0.3, 0.4) is 0 Å². The first kappa shape index (κ1) is 23.1. The van der Waals surface area contributed by atoms with Crippen LogP contribution in [0.2, 0.25) is 5.02 Å². The molecule has 0 atom stereocenters. The molecule has 3 aromatic rings. The summed E-state index contributed by atoms with van der Waals surface area (Å²) < 4.78 is 30.7. The topological polar surface area (TPSA) is 68.7 Å². The van der Waals surface area contributed by atoms with Gasteiger partial charge in [0.2, 0.25) is 5.91 Å². The summed E-state index contributed by atoms with van der Waals surface area (Å²) in [5.41, 5.74) is 2.05. The highest BCUT2D eigenvalue weighted by Crippen LogP contribution is 2.45. The number of nitrogens with one attached hydrogen (secondary N) is 1. The van der Waals surface area contributed by atoms with Gasteiger partial charge in [-0.15, -0.1) is 0 Å². The standard InChI is InChI=1S/C26H23ClF2N4O2/c1-3-20(35)32-7-9-33(10-8-32)25-15-12-17(27)21(22-18(28)5-4-6-19(22)34)23(29)24(15)31-26-16(25)11-14(2)13-30-26/h3-6,12,34H,1-2,7-11,13H2,(H,30,31). The minimum atomic E-state index is -0.816. The van der Waals surface area contributed by atoms with Crippen molar-refractivity contribution in [3.8, 4) is 16.9 Å². The van der Waals surface area contributed by atoms with Crippen LogP contribution in [0.15, 0.2) is 49.1 Å². The van der Waals surface area contributed by atoms with Gasteiger partial charge >= 0.3 is 0 Å². The lowest BCUT2D eigenvalue weighted by atomic mass is 9.95. The highest BCUT2D eigenvalue weighted by molar-refractivity contribution is 6.34. The zero-order chi connectivity index (χ0) is 24.9. The van der Waals surface area contributed by atoms with E-state index in [1.165, 1.54) is 18.2 Å². The Balaban J connectivity index is 1.72. The Morgan fingerprint density at radius 3 is 2.63 bits per heavy atom. The Bertz CT molecular complexity index is 1380. The molecule has 5 rings (SSSR count). The zero-order valence-corrected chi connectivity index (χ0v) is 19.6. The van der Waals surface area contributed by atoms with Gasteiger partial charge in [-0.25, -0.2) is 13.8 Å². The molecule has 2 aliphatic heterocycles. The fraction of sp³-hybridized carbons (Fsp3) is 0.231. The van der Waals surface area contributed by atoms with Crippen LogP contribution in [-0.4, -0.2) is 53.6 Å². The Hall–Kier alpha value is -3.65. The fourth-order valence-corrected chi connectivity index (χ4v) is 5.10. The molecule has 35 heavy (non-hydrogen) atoms. The first-order valence-corrected chi connectivity index (χ1v) is 11.6. The van der Waals surface area contributed by atoms with Gasteiger partial charge in [0.15, 0.2) is 5.82 Å². The van der Waals surface area contributed by atoms with E-state index < -0.39 is 17.4 Å². The second-order valence-electron chi connectivity index (χ2n) is 8.66. The number of carbonyl (C=O) groups is 1. The van der Waals surface area contributed by atoms with E-state index in [9.17, 15) is 14.3 Å². The number of nitrogens with zero attached hydrogens (tertiary/aromatic N) is 3. The lowest BCUT2D eigenvalue weighted by Crippen LogP contribution is -2.48. The number of halogens is 3. The van der Waals surface area contributed by atoms with E-state index in [0.717, 1.165) is 22.9 Å². The molecule has 0 unspecified atom stereocenters. The van der Waals surface area contributed by atoms with E-state index in [4.69, 9.17) is 11.6 Å². The van der Waals surface area contributed by atoms with Gasteiger partial charge in [-0.3, -0.25) is 4.79 Å². The summed E-state index contributed by atoms with van der Waals surface area (Å²) in [5.74, 6) is -1.63. The number of anilines is 2. The van der Waals surface area contributed by atoms with Crippen LogP contribution in [0.1, 0.15) is 5.56 Å². The van der Waals surface area contributed by atoms with E-state index >= 15 is 4.39 Å². The first-order valence-electron chi connectivity index (χ1n) is 11.2. The monoisotopic (exact) mass is 496 g/mol. The summed E-state index contributed by atoms with van der Waals surface area (Å²) in [5, 5.41) is 13.9. The minimum absolute atomic E-state index is 0.0189. The van der Waals surface area contributed by atoms with E-state index in [-0.39, 0.29) is 27.6 Å². The predicted molar refractivity (Wildman–Crippen MR) is 134 cm³/mol. The molecule has 2 N–H and O–H groups in total. The minimum Gasteiger partial charge on any atom is -0.507 e. The molecule has 9 heteroatoms. The lowest BCUT2D eigenvalue weighted by molar-refractivity contribution is -0.126. The van der Waals surface area contributed by atoms with Crippen LogP contribution in [0.25, 0.3) is 22.0 Å². The molecule has 3 heterocycles. The van der Waals surface area contributed by atoms with E-state index in [1.54, 1.807) is 11.0 Å². The molecule has 0 radical (unpaired) electrons. The van der Waals surface area contributed by atoms with Gasteiger partial charge in [-0.2, -0.15) is 0 Å². The van der Waals surface area contributed by atoms with Crippen LogP contribution in [0.5, 0.6) is 5.75 Å². The molecule has 0 spiro atoms. The maximum atomic E-state index is 16.0. The SMILES string of the molecule is C=CC(=O)N1CCN(c2c3c(nc4c(F)c(-c5c(O)cccc5F)c(Cl)cc24)NCC(=C)C3)CC1. The lowest BCUT2D eigenvalue weighted by Gasteiger charge is -2.38.